The van der Waals surface area contributed by atoms with E-state index in [4.69, 9.17) is 13.9 Å². The molecule has 2 aliphatic heterocycles. The van der Waals surface area contributed by atoms with Crippen LogP contribution in [0.3, 0.4) is 0 Å². The molecule has 41 heavy (non-hydrogen) atoms. The molecule has 7 nitrogen and oxygen atoms in total. The summed E-state index contributed by atoms with van der Waals surface area (Å²) < 4.78 is 18.4. The number of carbonyl (C=O) groups excluding carboxylic acids is 3. The number of amides is 2. The average molecular weight is 570 g/mol. The first-order valence-corrected chi connectivity index (χ1v) is 15.7. The molecule has 0 radical (unpaired) electrons. The number of methoxy groups -OCH3 is 1. The minimum atomic E-state index is -2.94. The number of hydrogen-bond acceptors (Lipinski definition) is 6. The molecule has 0 spiro atoms. The monoisotopic (exact) mass is 569 g/mol. The van der Waals surface area contributed by atoms with Crippen LogP contribution in [0.15, 0.2) is 97.1 Å². The number of hydrogen-bond donors (Lipinski definition) is 0. The lowest BCUT2D eigenvalue weighted by molar-refractivity contribution is -0.145. The molecule has 0 fully saturated rings. The van der Waals surface area contributed by atoms with E-state index >= 15 is 0 Å². The highest BCUT2D eigenvalue weighted by molar-refractivity contribution is 6.99. The van der Waals surface area contributed by atoms with E-state index in [0.29, 0.717) is 11.1 Å². The number of benzene rings is 3. The van der Waals surface area contributed by atoms with E-state index in [9.17, 15) is 14.4 Å². The number of rotatable bonds is 8. The zero-order valence-corrected chi connectivity index (χ0v) is 24.8. The normalized spacial score (nSPS) is 20.7. The van der Waals surface area contributed by atoms with Gasteiger partial charge in [-0.15, -0.1) is 0 Å². The number of ether oxygens (including phenoxy) is 2. The Balaban J connectivity index is 1.54. The third kappa shape index (κ3) is 5.30. The Morgan fingerprint density at radius 1 is 0.829 bits per heavy atom. The highest BCUT2D eigenvalue weighted by Gasteiger charge is 2.52. The predicted molar refractivity (Wildman–Crippen MR) is 159 cm³/mol. The highest BCUT2D eigenvalue weighted by atomic mass is 28.4. The van der Waals surface area contributed by atoms with E-state index in [-0.39, 0.29) is 29.9 Å². The van der Waals surface area contributed by atoms with Crippen LogP contribution >= 0.6 is 0 Å². The number of fused-ring (bicyclic) bond motifs is 1. The molecule has 0 saturated heterocycles. The van der Waals surface area contributed by atoms with Crippen molar-refractivity contribution in [2.75, 3.05) is 13.7 Å². The van der Waals surface area contributed by atoms with Crippen LogP contribution in [0.1, 0.15) is 47.9 Å². The summed E-state index contributed by atoms with van der Waals surface area (Å²) in [6.45, 7) is 6.65. The van der Waals surface area contributed by atoms with Gasteiger partial charge in [0.25, 0.3) is 20.1 Å². The molecule has 5 rings (SSSR count). The Morgan fingerprint density at radius 3 is 1.83 bits per heavy atom. The van der Waals surface area contributed by atoms with E-state index in [1.165, 1.54) is 12.0 Å². The van der Waals surface area contributed by atoms with Crippen LogP contribution in [0.5, 0.6) is 0 Å². The summed E-state index contributed by atoms with van der Waals surface area (Å²) >= 11 is 0. The van der Waals surface area contributed by atoms with Gasteiger partial charge < -0.3 is 13.9 Å². The topological polar surface area (TPSA) is 82.1 Å². The minimum Gasteiger partial charge on any atom is -0.469 e. The molecular weight excluding hydrogens is 534 g/mol. The van der Waals surface area contributed by atoms with E-state index in [1.54, 1.807) is 36.4 Å². The number of esters is 1. The first-order chi connectivity index (χ1) is 19.7. The molecule has 0 bridgehead atoms. The fourth-order valence-corrected chi connectivity index (χ4v) is 10.5. The summed E-state index contributed by atoms with van der Waals surface area (Å²) in [7, 11) is -1.61. The Morgan fingerprint density at radius 2 is 1.34 bits per heavy atom. The van der Waals surface area contributed by atoms with Gasteiger partial charge in [-0.25, -0.2) is 0 Å². The summed E-state index contributed by atoms with van der Waals surface area (Å²) in [5.74, 6) is -1.15. The summed E-state index contributed by atoms with van der Waals surface area (Å²) in [5, 5.41) is 1.93. The van der Waals surface area contributed by atoms with Gasteiger partial charge in [-0.05, 0) is 27.5 Å². The van der Waals surface area contributed by atoms with Crippen LogP contribution < -0.4 is 10.4 Å². The Labute approximate surface area is 241 Å². The molecule has 0 unspecified atom stereocenters. The molecule has 0 aliphatic carbocycles. The van der Waals surface area contributed by atoms with Crippen LogP contribution in [0.4, 0.5) is 0 Å². The van der Waals surface area contributed by atoms with Gasteiger partial charge in [0.1, 0.15) is 6.10 Å². The zero-order valence-electron chi connectivity index (χ0n) is 23.8. The van der Waals surface area contributed by atoms with Crippen molar-refractivity contribution in [1.29, 1.82) is 0 Å². The molecule has 2 aliphatic rings. The van der Waals surface area contributed by atoms with Crippen molar-refractivity contribution in [3.05, 3.63) is 108 Å². The van der Waals surface area contributed by atoms with Crippen molar-refractivity contribution in [2.24, 2.45) is 0 Å². The second-order valence-electron chi connectivity index (χ2n) is 11.4. The SMILES string of the molecule is COC(=O)C[C@@H]1C=C[C@@H](N2C(=O)c3ccccc3C2=O)[C@@H](CO[Si](c2ccccc2)(c2ccccc2)C(C)(C)C)O1. The number of carbonyl (C=O) groups is 3. The standard InChI is InChI=1S/C33H35NO6Si/c1-33(2,3)41(24-13-7-5-8-14-24,25-15-9-6-10-16-25)39-22-29-28(20-19-23(40-29)21-30(35)38-4)34-31(36)26-17-11-12-18-27(26)32(34)37/h5-20,23,28-29H,21-22H2,1-4H3/t23-,28+,29+/m0/s1. The maximum absolute atomic E-state index is 13.5. The van der Waals surface area contributed by atoms with Crippen LogP contribution in [0, 0.1) is 0 Å². The molecule has 8 heteroatoms. The van der Waals surface area contributed by atoms with Gasteiger partial charge >= 0.3 is 5.97 Å². The summed E-state index contributed by atoms with van der Waals surface area (Å²) in [6.07, 6.45) is 2.24. The van der Waals surface area contributed by atoms with Crippen LogP contribution in [-0.2, 0) is 18.7 Å². The molecule has 3 atom stereocenters. The lowest BCUT2D eigenvalue weighted by atomic mass is 10.0. The molecule has 212 valence electrons. The average Bonchev–Trinajstić information content (AvgIpc) is 3.23. The predicted octanol–water partition coefficient (Wildman–Crippen LogP) is 4.11. The first kappa shape index (κ1) is 28.7. The largest absolute Gasteiger partial charge is 0.469 e. The molecular formula is C33H35NO6Si. The van der Waals surface area contributed by atoms with Gasteiger partial charge in [0.2, 0.25) is 0 Å². The first-order valence-electron chi connectivity index (χ1n) is 13.8. The van der Waals surface area contributed by atoms with Gasteiger partial charge in [-0.3, -0.25) is 19.3 Å². The van der Waals surface area contributed by atoms with E-state index in [1.807, 2.05) is 36.4 Å². The molecule has 2 amide bonds. The van der Waals surface area contributed by atoms with E-state index in [0.717, 1.165) is 10.4 Å². The quantitative estimate of drug-likeness (QED) is 0.176. The molecule has 3 aromatic carbocycles. The van der Waals surface area contributed by atoms with Gasteiger partial charge in [-0.1, -0.05) is 106 Å². The third-order valence-corrected chi connectivity index (χ3v) is 12.9. The van der Waals surface area contributed by atoms with Gasteiger partial charge in [0.15, 0.2) is 0 Å². The third-order valence-electron chi connectivity index (χ3n) is 7.85. The lowest BCUT2D eigenvalue weighted by Crippen LogP contribution is -2.67. The second-order valence-corrected chi connectivity index (χ2v) is 15.7. The van der Waals surface area contributed by atoms with Crippen molar-refractivity contribution in [3.8, 4) is 0 Å². The van der Waals surface area contributed by atoms with Crippen LogP contribution in [-0.4, -0.2) is 63.0 Å². The van der Waals surface area contributed by atoms with Crippen molar-refractivity contribution < 1.29 is 28.3 Å². The highest BCUT2D eigenvalue weighted by Crippen LogP contribution is 2.38. The summed E-state index contributed by atoms with van der Waals surface area (Å²) in [4.78, 5) is 40.3. The van der Waals surface area contributed by atoms with Crippen molar-refractivity contribution in [3.63, 3.8) is 0 Å². The van der Waals surface area contributed by atoms with Crippen molar-refractivity contribution >= 4 is 36.5 Å². The van der Waals surface area contributed by atoms with Gasteiger partial charge in [0.05, 0.1) is 43.4 Å². The van der Waals surface area contributed by atoms with E-state index in [2.05, 4.69) is 45.0 Å². The molecule has 2 heterocycles. The zero-order chi connectivity index (χ0) is 29.2. The van der Waals surface area contributed by atoms with Crippen molar-refractivity contribution in [1.82, 2.24) is 4.90 Å². The smallest absolute Gasteiger partial charge is 0.308 e. The van der Waals surface area contributed by atoms with Crippen LogP contribution in [0.25, 0.3) is 0 Å². The molecule has 0 N–H and O–H groups in total. The summed E-state index contributed by atoms with van der Waals surface area (Å²) in [6, 6.07) is 26.6. The minimum absolute atomic E-state index is 0.0115. The Bertz CT molecular complexity index is 1370. The molecule has 0 saturated carbocycles. The fourth-order valence-electron chi connectivity index (χ4n) is 5.91. The van der Waals surface area contributed by atoms with Crippen molar-refractivity contribution in [2.45, 2.75) is 50.5 Å². The fraction of sp³-hybridized carbons (Fsp3) is 0.303. The van der Waals surface area contributed by atoms with Crippen LogP contribution in [0.2, 0.25) is 5.04 Å². The maximum Gasteiger partial charge on any atom is 0.308 e. The molecule has 3 aromatic rings. The second kappa shape index (κ2) is 11.6. The van der Waals surface area contributed by atoms with E-state index < -0.39 is 32.5 Å². The van der Waals surface area contributed by atoms with Gasteiger partial charge in [0, 0.05) is 0 Å². The summed E-state index contributed by atoms with van der Waals surface area (Å²) in [5.41, 5.74) is 0.739. The maximum atomic E-state index is 13.5. The number of nitrogens with zero attached hydrogens (tertiary/aromatic N) is 1. The van der Waals surface area contributed by atoms with Gasteiger partial charge in [-0.2, -0.15) is 0 Å². The Kier molecular flexibility index (Phi) is 8.08. The lowest BCUT2D eigenvalue weighted by Gasteiger charge is -2.45. The molecule has 0 aromatic heterocycles. The number of imide groups is 1. The Hall–Kier alpha value is -3.85.